The lowest BCUT2D eigenvalue weighted by Gasteiger charge is -2.37. The van der Waals surface area contributed by atoms with Gasteiger partial charge in [-0.3, -0.25) is 4.79 Å². The van der Waals surface area contributed by atoms with Gasteiger partial charge in [-0.05, 0) is 55.3 Å². The highest BCUT2D eigenvalue weighted by molar-refractivity contribution is 6.30. The quantitative estimate of drug-likeness (QED) is 0.726. The summed E-state index contributed by atoms with van der Waals surface area (Å²) in [7, 11) is 0. The third-order valence-electron chi connectivity index (χ3n) is 6.02. The number of hydrogen-bond acceptors (Lipinski definition) is 5. The molecule has 0 bridgehead atoms. The third-order valence-corrected chi connectivity index (χ3v) is 6.26. The fraction of sp³-hybridized carbons (Fsp3) is 0.333. The molecule has 31 heavy (non-hydrogen) atoms. The second-order valence-electron chi connectivity index (χ2n) is 7.96. The minimum atomic E-state index is -1.17. The van der Waals surface area contributed by atoms with Gasteiger partial charge in [-0.25, -0.2) is 0 Å². The molecule has 0 radical (unpaired) electrons. The van der Waals surface area contributed by atoms with Gasteiger partial charge >= 0.3 is 0 Å². The summed E-state index contributed by atoms with van der Waals surface area (Å²) in [4.78, 5) is 28.6. The van der Waals surface area contributed by atoms with E-state index >= 15 is 0 Å². The largest absolute Gasteiger partial charge is 0.550 e. The van der Waals surface area contributed by atoms with Gasteiger partial charge in [0, 0.05) is 60.2 Å². The normalized spacial score (nSPS) is 21.1. The van der Waals surface area contributed by atoms with Crippen molar-refractivity contribution in [2.45, 2.75) is 12.8 Å². The number of carboxylic acid groups (broad SMARTS) is 1. The van der Waals surface area contributed by atoms with Crippen molar-refractivity contribution in [3.05, 3.63) is 65.7 Å². The molecule has 2 atom stereocenters. The highest BCUT2D eigenvalue weighted by Crippen LogP contribution is 2.28. The molecule has 0 unspecified atom stereocenters. The summed E-state index contributed by atoms with van der Waals surface area (Å²) < 4.78 is 0. The zero-order chi connectivity index (χ0) is 21.8. The first-order valence-corrected chi connectivity index (χ1v) is 10.9. The number of carbonyl (C=O) groups is 2. The number of anilines is 3. The molecular formula is C24H25ClN3O3-. The van der Waals surface area contributed by atoms with Gasteiger partial charge in [0.2, 0.25) is 5.91 Å². The molecular weight excluding hydrogens is 414 g/mol. The van der Waals surface area contributed by atoms with Crippen LogP contribution in [0.2, 0.25) is 5.02 Å². The Morgan fingerprint density at radius 3 is 2.10 bits per heavy atom. The maximum absolute atomic E-state index is 12.6. The fourth-order valence-electron chi connectivity index (χ4n) is 4.25. The number of allylic oxidation sites excluding steroid dienone is 2. The van der Waals surface area contributed by atoms with Gasteiger partial charge in [-0.2, -0.15) is 0 Å². The summed E-state index contributed by atoms with van der Waals surface area (Å²) in [5.41, 5.74) is 2.90. The maximum Gasteiger partial charge on any atom is 0.228 e. The summed E-state index contributed by atoms with van der Waals surface area (Å²) in [5, 5.41) is 14.9. The molecule has 1 fully saturated rings. The van der Waals surface area contributed by atoms with Gasteiger partial charge in [0.1, 0.15) is 0 Å². The van der Waals surface area contributed by atoms with Crippen LogP contribution < -0.4 is 20.2 Å². The van der Waals surface area contributed by atoms with Gasteiger partial charge in [0.15, 0.2) is 0 Å². The number of rotatable bonds is 5. The lowest BCUT2D eigenvalue weighted by atomic mass is 9.82. The van der Waals surface area contributed by atoms with Crippen LogP contribution in [0.5, 0.6) is 0 Å². The van der Waals surface area contributed by atoms with Crippen molar-refractivity contribution in [1.29, 1.82) is 0 Å². The molecule has 7 heteroatoms. The van der Waals surface area contributed by atoms with Crippen LogP contribution in [-0.4, -0.2) is 38.1 Å². The Labute approximate surface area is 187 Å². The van der Waals surface area contributed by atoms with E-state index in [1.807, 2.05) is 48.5 Å². The van der Waals surface area contributed by atoms with Crippen molar-refractivity contribution in [2.24, 2.45) is 11.8 Å². The van der Waals surface area contributed by atoms with E-state index in [1.165, 1.54) is 0 Å². The molecule has 4 rings (SSSR count). The first-order chi connectivity index (χ1) is 15.0. The van der Waals surface area contributed by atoms with E-state index < -0.39 is 17.8 Å². The molecule has 162 valence electrons. The van der Waals surface area contributed by atoms with Crippen LogP contribution in [0.25, 0.3) is 0 Å². The smallest absolute Gasteiger partial charge is 0.228 e. The van der Waals surface area contributed by atoms with Crippen molar-refractivity contribution < 1.29 is 14.7 Å². The average molecular weight is 439 g/mol. The van der Waals surface area contributed by atoms with Crippen LogP contribution in [0.1, 0.15) is 12.8 Å². The summed E-state index contributed by atoms with van der Waals surface area (Å²) >= 11 is 6.11. The fourth-order valence-corrected chi connectivity index (χ4v) is 4.44. The van der Waals surface area contributed by atoms with Crippen LogP contribution >= 0.6 is 11.6 Å². The number of hydrogen-bond donors (Lipinski definition) is 1. The lowest BCUT2D eigenvalue weighted by molar-refractivity contribution is -0.313. The molecule has 1 amide bonds. The molecule has 1 heterocycles. The average Bonchev–Trinajstić information content (AvgIpc) is 2.79. The molecule has 2 aliphatic rings. The van der Waals surface area contributed by atoms with Crippen molar-refractivity contribution in [1.82, 2.24) is 0 Å². The minimum Gasteiger partial charge on any atom is -0.550 e. The minimum absolute atomic E-state index is 0.276. The van der Waals surface area contributed by atoms with Crippen molar-refractivity contribution in [3.8, 4) is 0 Å². The molecule has 1 saturated heterocycles. The highest BCUT2D eigenvalue weighted by Gasteiger charge is 2.29. The number of halogens is 1. The maximum atomic E-state index is 12.6. The van der Waals surface area contributed by atoms with Crippen molar-refractivity contribution >= 4 is 40.5 Å². The first kappa shape index (κ1) is 21.2. The summed E-state index contributed by atoms with van der Waals surface area (Å²) in [6.45, 7) is 3.58. The Kier molecular flexibility index (Phi) is 6.47. The standard InChI is InChI=1S/C24H26ClN3O3/c25-17-4-3-5-20(16-17)28-14-12-27(13-15-28)19-10-8-18(9-11-19)26-23(29)21-6-1-2-7-22(21)24(30)31/h1-5,8-11,16,21-22H,6-7,12-15H2,(H,26,29)(H,30,31)/p-1/t21-,22+/m0/s1. The van der Waals surface area contributed by atoms with E-state index in [2.05, 4.69) is 21.2 Å². The molecule has 1 N–H and O–H groups in total. The molecule has 0 spiro atoms. The summed E-state index contributed by atoms with van der Waals surface area (Å²) in [6, 6.07) is 15.6. The van der Waals surface area contributed by atoms with E-state index in [0.717, 1.165) is 42.6 Å². The van der Waals surface area contributed by atoms with Crippen LogP contribution in [0.3, 0.4) is 0 Å². The van der Waals surface area contributed by atoms with Gasteiger partial charge in [-0.1, -0.05) is 29.8 Å². The van der Waals surface area contributed by atoms with E-state index in [4.69, 9.17) is 11.6 Å². The molecule has 0 saturated carbocycles. The number of carboxylic acids is 1. The monoisotopic (exact) mass is 438 g/mol. The van der Waals surface area contributed by atoms with Crippen LogP contribution in [-0.2, 0) is 9.59 Å². The third kappa shape index (κ3) is 5.02. The van der Waals surface area contributed by atoms with Crippen LogP contribution in [0.4, 0.5) is 17.1 Å². The van der Waals surface area contributed by atoms with Gasteiger partial charge in [-0.15, -0.1) is 0 Å². The SMILES string of the molecule is O=C(Nc1ccc(N2CCN(c3cccc(Cl)c3)CC2)cc1)[C@H]1CC=CC[C@H]1C(=O)[O-]. The first-order valence-electron chi connectivity index (χ1n) is 10.5. The van der Waals surface area contributed by atoms with Crippen LogP contribution in [0.15, 0.2) is 60.7 Å². The molecule has 2 aromatic carbocycles. The number of benzene rings is 2. The molecule has 6 nitrogen and oxygen atoms in total. The number of carbonyl (C=O) groups excluding carboxylic acids is 2. The number of piperazine rings is 1. The molecule has 1 aliphatic carbocycles. The Morgan fingerprint density at radius 1 is 0.871 bits per heavy atom. The Morgan fingerprint density at radius 2 is 1.48 bits per heavy atom. The number of nitrogens with one attached hydrogen (secondary N) is 1. The van der Waals surface area contributed by atoms with Gasteiger partial charge in [0.05, 0.1) is 5.92 Å². The summed E-state index contributed by atoms with van der Waals surface area (Å²) in [5.74, 6) is -2.83. The molecule has 1 aliphatic heterocycles. The van der Waals surface area contributed by atoms with Gasteiger partial charge < -0.3 is 25.0 Å². The van der Waals surface area contributed by atoms with Crippen LogP contribution in [0, 0.1) is 11.8 Å². The predicted molar refractivity (Wildman–Crippen MR) is 121 cm³/mol. The zero-order valence-corrected chi connectivity index (χ0v) is 17.9. The second-order valence-corrected chi connectivity index (χ2v) is 8.40. The Balaban J connectivity index is 1.34. The predicted octanol–water partition coefficient (Wildman–Crippen LogP) is 2.94. The van der Waals surface area contributed by atoms with E-state index in [9.17, 15) is 14.7 Å². The Hall–Kier alpha value is -2.99. The molecule has 0 aromatic heterocycles. The zero-order valence-electron chi connectivity index (χ0n) is 17.2. The second kappa shape index (κ2) is 9.43. The number of aliphatic carboxylic acids is 1. The number of amides is 1. The van der Waals surface area contributed by atoms with E-state index in [0.29, 0.717) is 18.5 Å². The van der Waals surface area contributed by atoms with E-state index in [1.54, 1.807) is 6.08 Å². The van der Waals surface area contributed by atoms with Crippen molar-refractivity contribution in [3.63, 3.8) is 0 Å². The lowest BCUT2D eigenvalue weighted by Crippen LogP contribution is -2.46. The summed E-state index contributed by atoms with van der Waals surface area (Å²) in [6.07, 6.45) is 4.40. The topological polar surface area (TPSA) is 75.7 Å². The Bertz CT molecular complexity index is 968. The van der Waals surface area contributed by atoms with Crippen molar-refractivity contribution in [2.75, 3.05) is 41.3 Å². The van der Waals surface area contributed by atoms with E-state index in [-0.39, 0.29) is 5.91 Å². The highest BCUT2D eigenvalue weighted by atomic mass is 35.5. The molecule has 2 aromatic rings. The van der Waals surface area contributed by atoms with Gasteiger partial charge in [0.25, 0.3) is 0 Å². The number of nitrogens with zero attached hydrogens (tertiary/aromatic N) is 2.